The minimum absolute atomic E-state index is 0.295. The van der Waals surface area contributed by atoms with Gasteiger partial charge in [-0.25, -0.2) is 4.79 Å². The molecule has 2 aromatic carbocycles. The molecule has 2 amide bonds. The minimum atomic E-state index is -0.295. The molecular formula is C21H20ClN3O2. The van der Waals surface area contributed by atoms with Crippen LogP contribution in [0.2, 0.25) is 5.02 Å². The number of pyridine rings is 1. The van der Waals surface area contributed by atoms with Crippen molar-refractivity contribution < 1.29 is 9.53 Å². The van der Waals surface area contributed by atoms with Crippen molar-refractivity contribution in [2.24, 2.45) is 0 Å². The van der Waals surface area contributed by atoms with Gasteiger partial charge in [0.05, 0.1) is 10.7 Å². The normalized spacial score (nSPS) is 10.3. The molecule has 0 saturated heterocycles. The van der Waals surface area contributed by atoms with Crippen molar-refractivity contribution in [1.29, 1.82) is 0 Å². The fraction of sp³-hybridized carbons (Fsp3) is 0.143. The van der Waals surface area contributed by atoms with Gasteiger partial charge in [-0.1, -0.05) is 41.9 Å². The number of carbonyl (C=O) groups is 1. The average Bonchev–Trinajstić information content (AvgIpc) is 2.67. The number of nitrogens with one attached hydrogen (secondary N) is 2. The van der Waals surface area contributed by atoms with E-state index in [-0.39, 0.29) is 6.03 Å². The van der Waals surface area contributed by atoms with E-state index in [4.69, 9.17) is 16.3 Å². The predicted molar refractivity (Wildman–Crippen MR) is 107 cm³/mol. The van der Waals surface area contributed by atoms with E-state index < -0.39 is 0 Å². The quantitative estimate of drug-likeness (QED) is 0.635. The summed E-state index contributed by atoms with van der Waals surface area (Å²) in [5.74, 6) is 0.535. The Labute approximate surface area is 163 Å². The van der Waals surface area contributed by atoms with E-state index >= 15 is 0 Å². The molecule has 0 unspecified atom stereocenters. The Kier molecular flexibility index (Phi) is 6.28. The molecule has 6 heteroatoms. The third-order valence-corrected chi connectivity index (χ3v) is 4.29. The summed E-state index contributed by atoms with van der Waals surface area (Å²) in [5.41, 5.74) is 3.61. The smallest absolute Gasteiger partial charge is 0.319 e. The summed E-state index contributed by atoms with van der Waals surface area (Å²) in [4.78, 5) is 16.3. The van der Waals surface area contributed by atoms with Gasteiger partial charge in [0.25, 0.3) is 0 Å². The summed E-state index contributed by atoms with van der Waals surface area (Å²) in [7, 11) is 0. The number of benzene rings is 2. The standard InChI is InChI=1S/C21H20ClN3O2/c1-15-6-2-3-7-16(15)13-24-21(26)25-17-9-10-20(19(22)12-17)27-14-18-8-4-5-11-23-18/h2-12H,13-14H2,1H3,(H2,24,25,26). The number of urea groups is 1. The zero-order valence-electron chi connectivity index (χ0n) is 14.9. The highest BCUT2D eigenvalue weighted by atomic mass is 35.5. The molecule has 0 fully saturated rings. The van der Waals surface area contributed by atoms with E-state index in [9.17, 15) is 4.79 Å². The number of hydrogen-bond donors (Lipinski definition) is 2. The molecular weight excluding hydrogens is 362 g/mol. The predicted octanol–water partition coefficient (Wildman–Crippen LogP) is 4.94. The summed E-state index contributed by atoms with van der Waals surface area (Å²) < 4.78 is 5.68. The number of rotatable bonds is 6. The highest BCUT2D eigenvalue weighted by molar-refractivity contribution is 6.32. The molecule has 0 atom stereocenters. The van der Waals surface area contributed by atoms with E-state index in [0.29, 0.717) is 29.6 Å². The second-order valence-electron chi connectivity index (χ2n) is 5.99. The molecule has 1 aromatic heterocycles. The van der Waals surface area contributed by atoms with Crippen LogP contribution in [0.25, 0.3) is 0 Å². The van der Waals surface area contributed by atoms with Gasteiger partial charge in [0, 0.05) is 18.4 Å². The number of nitrogens with zero attached hydrogens (tertiary/aromatic N) is 1. The Bertz CT molecular complexity index is 916. The lowest BCUT2D eigenvalue weighted by Crippen LogP contribution is -2.28. The Morgan fingerprint density at radius 3 is 2.67 bits per heavy atom. The van der Waals surface area contributed by atoms with Gasteiger partial charge in [-0.15, -0.1) is 0 Å². The number of carbonyl (C=O) groups excluding carboxylic acids is 1. The first kappa shape index (κ1) is 18.7. The lowest BCUT2D eigenvalue weighted by Gasteiger charge is -2.11. The van der Waals surface area contributed by atoms with Gasteiger partial charge in [0.15, 0.2) is 0 Å². The van der Waals surface area contributed by atoms with Crippen molar-refractivity contribution in [2.75, 3.05) is 5.32 Å². The van der Waals surface area contributed by atoms with Crippen LogP contribution in [0.15, 0.2) is 66.9 Å². The average molecular weight is 382 g/mol. The molecule has 0 saturated carbocycles. The largest absolute Gasteiger partial charge is 0.486 e. The lowest BCUT2D eigenvalue weighted by atomic mass is 10.1. The van der Waals surface area contributed by atoms with Crippen LogP contribution in [0.1, 0.15) is 16.8 Å². The monoisotopic (exact) mass is 381 g/mol. The first-order chi connectivity index (χ1) is 13.1. The molecule has 0 radical (unpaired) electrons. The third kappa shape index (κ3) is 5.46. The summed E-state index contributed by atoms with van der Waals surface area (Å²) in [6, 6.07) is 18.4. The van der Waals surface area contributed by atoms with Gasteiger partial charge in [-0.05, 0) is 48.4 Å². The van der Waals surface area contributed by atoms with E-state index in [1.807, 2.05) is 49.4 Å². The van der Waals surface area contributed by atoms with Crippen molar-refractivity contribution in [3.63, 3.8) is 0 Å². The Morgan fingerprint density at radius 2 is 1.93 bits per heavy atom. The lowest BCUT2D eigenvalue weighted by molar-refractivity contribution is 0.251. The number of halogens is 1. The van der Waals surface area contributed by atoms with Crippen LogP contribution < -0.4 is 15.4 Å². The van der Waals surface area contributed by atoms with Crippen LogP contribution in [0, 0.1) is 6.92 Å². The van der Waals surface area contributed by atoms with Crippen LogP contribution in [-0.4, -0.2) is 11.0 Å². The summed E-state index contributed by atoms with van der Waals surface area (Å²) >= 11 is 6.26. The molecule has 1 heterocycles. The van der Waals surface area contributed by atoms with Gasteiger partial charge in [0.1, 0.15) is 12.4 Å². The number of amides is 2. The number of aromatic nitrogens is 1. The highest BCUT2D eigenvalue weighted by Crippen LogP contribution is 2.28. The number of ether oxygens (including phenoxy) is 1. The molecule has 0 aliphatic heterocycles. The van der Waals surface area contributed by atoms with Crippen molar-refractivity contribution in [2.45, 2.75) is 20.1 Å². The highest BCUT2D eigenvalue weighted by Gasteiger charge is 2.07. The van der Waals surface area contributed by atoms with E-state index in [0.717, 1.165) is 16.8 Å². The molecule has 5 nitrogen and oxygen atoms in total. The fourth-order valence-electron chi connectivity index (χ4n) is 2.49. The van der Waals surface area contributed by atoms with Crippen LogP contribution in [0.4, 0.5) is 10.5 Å². The molecule has 0 aliphatic carbocycles. The first-order valence-corrected chi connectivity index (χ1v) is 8.91. The van der Waals surface area contributed by atoms with Crippen molar-refractivity contribution >= 4 is 23.3 Å². The van der Waals surface area contributed by atoms with Gasteiger partial charge < -0.3 is 15.4 Å². The number of aryl methyl sites for hydroxylation is 1. The summed E-state index contributed by atoms with van der Waals surface area (Å²) in [5, 5.41) is 6.03. The van der Waals surface area contributed by atoms with Gasteiger partial charge in [0.2, 0.25) is 0 Å². The van der Waals surface area contributed by atoms with Crippen LogP contribution in [0.3, 0.4) is 0 Å². The van der Waals surface area contributed by atoms with Gasteiger partial charge >= 0.3 is 6.03 Å². The maximum Gasteiger partial charge on any atom is 0.319 e. The molecule has 0 spiro atoms. The summed E-state index contributed by atoms with van der Waals surface area (Å²) in [6.07, 6.45) is 1.71. The molecule has 3 aromatic rings. The van der Waals surface area contributed by atoms with Crippen LogP contribution >= 0.6 is 11.6 Å². The van der Waals surface area contributed by atoms with E-state index in [2.05, 4.69) is 15.6 Å². The van der Waals surface area contributed by atoms with Crippen molar-refractivity contribution in [3.8, 4) is 5.75 Å². The zero-order valence-corrected chi connectivity index (χ0v) is 15.7. The van der Waals surface area contributed by atoms with Crippen LogP contribution in [-0.2, 0) is 13.2 Å². The molecule has 0 aliphatic rings. The van der Waals surface area contributed by atoms with Gasteiger partial charge in [-0.3, -0.25) is 4.98 Å². The Balaban J connectivity index is 1.54. The SMILES string of the molecule is Cc1ccccc1CNC(=O)Nc1ccc(OCc2ccccn2)c(Cl)c1. The third-order valence-electron chi connectivity index (χ3n) is 3.99. The topological polar surface area (TPSA) is 63.2 Å². The Morgan fingerprint density at radius 1 is 1.11 bits per heavy atom. The number of anilines is 1. The zero-order chi connectivity index (χ0) is 19.1. The molecule has 2 N–H and O–H groups in total. The second-order valence-corrected chi connectivity index (χ2v) is 6.40. The second kappa shape index (κ2) is 9.05. The summed E-state index contributed by atoms with van der Waals surface area (Å²) in [6.45, 7) is 2.79. The van der Waals surface area contributed by atoms with E-state index in [1.54, 1.807) is 24.4 Å². The minimum Gasteiger partial charge on any atom is -0.486 e. The molecule has 27 heavy (non-hydrogen) atoms. The number of hydrogen-bond acceptors (Lipinski definition) is 3. The van der Waals surface area contributed by atoms with Crippen molar-refractivity contribution in [3.05, 3.63) is 88.7 Å². The fourth-order valence-corrected chi connectivity index (χ4v) is 2.73. The maximum atomic E-state index is 12.1. The molecule has 138 valence electrons. The Hall–Kier alpha value is -3.05. The molecule has 3 rings (SSSR count). The van der Waals surface area contributed by atoms with E-state index in [1.165, 1.54) is 0 Å². The van der Waals surface area contributed by atoms with Crippen LogP contribution in [0.5, 0.6) is 5.75 Å². The maximum absolute atomic E-state index is 12.1. The molecule has 0 bridgehead atoms. The van der Waals surface area contributed by atoms with Crippen molar-refractivity contribution in [1.82, 2.24) is 10.3 Å². The van der Waals surface area contributed by atoms with Gasteiger partial charge in [-0.2, -0.15) is 0 Å². The first-order valence-electron chi connectivity index (χ1n) is 8.53.